The second kappa shape index (κ2) is 5.96. The highest BCUT2D eigenvalue weighted by molar-refractivity contribution is 5.94. The second-order valence-corrected chi connectivity index (χ2v) is 4.00. The van der Waals surface area contributed by atoms with Gasteiger partial charge in [-0.25, -0.2) is 4.98 Å². The van der Waals surface area contributed by atoms with Gasteiger partial charge in [-0.1, -0.05) is 0 Å². The molecule has 1 unspecified atom stereocenters. The SMILES string of the molecule is Cl.O=C(Nc1ccnc2ccnn12)C1COCCN1. The molecule has 3 rings (SSSR count). The summed E-state index contributed by atoms with van der Waals surface area (Å²) in [5, 5.41) is 10.0. The summed E-state index contributed by atoms with van der Waals surface area (Å²) >= 11 is 0. The van der Waals surface area contributed by atoms with Crippen molar-refractivity contribution in [2.24, 2.45) is 0 Å². The molecule has 2 aromatic rings. The first-order valence-electron chi connectivity index (χ1n) is 5.75. The van der Waals surface area contributed by atoms with Gasteiger partial charge in [0, 0.05) is 18.8 Å². The summed E-state index contributed by atoms with van der Waals surface area (Å²) in [5.41, 5.74) is 0.695. The molecule has 1 amide bonds. The van der Waals surface area contributed by atoms with E-state index in [9.17, 15) is 4.79 Å². The van der Waals surface area contributed by atoms with Crippen LogP contribution in [0.15, 0.2) is 24.5 Å². The molecule has 0 bridgehead atoms. The number of halogens is 1. The van der Waals surface area contributed by atoms with Gasteiger partial charge >= 0.3 is 0 Å². The van der Waals surface area contributed by atoms with Gasteiger partial charge in [0.2, 0.25) is 5.91 Å². The number of fused-ring (bicyclic) bond motifs is 1. The van der Waals surface area contributed by atoms with Crippen molar-refractivity contribution in [3.8, 4) is 0 Å². The highest BCUT2D eigenvalue weighted by Gasteiger charge is 2.21. The van der Waals surface area contributed by atoms with Crippen LogP contribution in [0.2, 0.25) is 0 Å². The van der Waals surface area contributed by atoms with Gasteiger partial charge in [0.1, 0.15) is 11.9 Å². The molecule has 1 aliphatic rings. The van der Waals surface area contributed by atoms with Crippen molar-refractivity contribution >= 4 is 29.8 Å². The number of ether oxygens (including phenoxy) is 1. The van der Waals surface area contributed by atoms with Crippen molar-refractivity contribution in [2.75, 3.05) is 25.1 Å². The van der Waals surface area contributed by atoms with E-state index in [1.54, 1.807) is 29.0 Å². The molecular weight excluding hydrogens is 270 g/mol. The average Bonchev–Trinajstić information content (AvgIpc) is 2.89. The molecule has 0 radical (unpaired) electrons. The number of carbonyl (C=O) groups excluding carboxylic acids is 1. The number of rotatable bonds is 2. The van der Waals surface area contributed by atoms with Crippen LogP contribution in [-0.2, 0) is 9.53 Å². The minimum Gasteiger partial charge on any atom is -0.378 e. The van der Waals surface area contributed by atoms with Crippen LogP contribution in [0, 0.1) is 0 Å². The first kappa shape index (κ1) is 13.7. The lowest BCUT2D eigenvalue weighted by atomic mass is 10.2. The van der Waals surface area contributed by atoms with Crippen molar-refractivity contribution in [1.29, 1.82) is 0 Å². The fourth-order valence-electron chi connectivity index (χ4n) is 1.88. The molecule has 0 saturated carbocycles. The van der Waals surface area contributed by atoms with E-state index in [0.29, 0.717) is 31.2 Å². The quantitative estimate of drug-likeness (QED) is 0.816. The van der Waals surface area contributed by atoms with Gasteiger partial charge in [0.15, 0.2) is 5.65 Å². The molecule has 8 heteroatoms. The number of hydrogen-bond acceptors (Lipinski definition) is 5. The maximum Gasteiger partial charge on any atom is 0.245 e. The zero-order valence-electron chi connectivity index (χ0n) is 10.1. The Balaban J connectivity index is 0.00000133. The number of nitrogens with one attached hydrogen (secondary N) is 2. The van der Waals surface area contributed by atoms with Crippen LogP contribution in [0.25, 0.3) is 5.65 Å². The van der Waals surface area contributed by atoms with Crippen LogP contribution < -0.4 is 10.6 Å². The summed E-state index contributed by atoms with van der Waals surface area (Å²) in [7, 11) is 0. The largest absolute Gasteiger partial charge is 0.378 e. The molecule has 1 saturated heterocycles. The Labute approximate surface area is 115 Å². The predicted molar refractivity (Wildman–Crippen MR) is 71.5 cm³/mol. The number of anilines is 1. The Bertz CT molecular complexity index is 567. The lowest BCUT2D eigenvalue weighted by Crippen LogP contribution is -2.49. The molecule has 0 spiro atoms. The standard InChI is InChI=1S/C11H13N5O2.ClH/c17-11(8-7-18-6-5-12-8)15-10-1-3-13-9-2-4-14-16(9)10;/h1-4,8,12H,5-7H2,(H,15,17);1H. The molecule has 1 atom stereocenters. The van der Waals surface area contributed by atoms with Crippen molar-refractivity contribution in [2.45, 2.75) is 6.04 Å². The summed E-state index contributed by atoms with van der Waals surface area (Å²) in [6.45, 7) is 1.72. The molecule has 3 heterocycles. The number of hydrogen-bond donors (Lipinski definition) is 2. The smallest absolute Gasteiger partial charge is 0.245 e. The Hall–Kier alpha value is -1.70. The van der Waals surface area contributed by atoms with E-state index in [-0.39, 0.29) is 24.4 Å². The Kier molecular flexibility index (Phi) is 4.31. The van der Waals surface area contributed by atoms with Gasteiger partial charge < -0.3 is 15.4 Å². The minimum absolute atomic E-state index is 0. The normalized spacial score (nSPS) is 18.8. The van der Waals surface area contributed by atoms with E-state index in [2.05, 4.69) is 20.7 Å². The maximum absolute atomic E-state index is 12.0. The fourth-order valence-corrected chi connectivity index (χ4v) is 1.88. The molecule has 102 valence electrons. The molecular formula is C11H14ClN5O2. The van der Waals surface area contributed by atoms with Gasteiger partial charge in [-0.15, -0.1) is 12.4 Å². The van der Waals surface area contributed by atoms with Crippen LogP contribution in [0.1, 0.15) is 0 Å². The van der Waals surface area contributed by atoms with Crippen molar-refractivity contribution in [3.05, 3.63) is 24.5 Å². The highest BCUT2D eigenvalue weighted by Crippen LogP contribution is 2.09. The predicted octanol–water partition coefficient (Wildman–Crippen LogP) is 0.0780. The average molecular weight is 284 g/mol. The van der Waals surface area contributed by atoms with E-state index < -0.39 is 0 Å². The van der Waals surface area contributed by atoms with E-state index in [1.165, 1.54) is 0 Å². The van der Waals surface area contributed by atoms with Crippen molar-refractivity contribution in [3.63, 3.8) is 0 Å². The minimum atomic E-state index is -0.322. The molecule has 1 fully saturated rings. The van der Waals surface area contributed by atoms with Crippen LogP contribution in [0.3, 0.4) is 0 Å². The summed E-state index contributed by atoms with van der Waals surface area (Å²) in [6, 6.07) is 3.16. The third kappa shape index (κ3) is 2.83. The lowest BCUT2D eigenvalue weighted by Gasteiger charge is -2.22. The second-order valence-electron chi connectivity index (χ2n) is 4.00. The molecule has 0 aromatic carbocycles. The zero-order chi connectivity index (χ0) is 12.4. The van der Waals surface area contributed by atoms with Gasteiger partial charge in [-0.3, -0.25) is 4.79 Å². The van der Waals surface area contributed by atoms with Gasteiger partial charge in [0.25, 0.3) is 0 Å². The van der Waals surface area contributed by atoms with Crippen molar-refractivity contribution in [1.82, 2.24) is 19.9 Å². The van der Waals surface area contributed by atoms with Crippen LogP contribution >= 0.6 is 12.4 Å². The van der Waals surface area contributed by atoms with Crippen LogP contribution in [-0.4, -0.2) is 46.3 Å². The number of nitrogens with zero attached hydrogens (tertiary/aromatic N) is 3. The number of carbonyl (C=O) groups is 1. The number of amides is 1. The number of aromatic nitrogens is 3. The van der Waals surface area contributed by atoms with E-state index >= 15 is 0 Å². The maximum atomic E-state index is 12.0. The highest BCUT2D eigenvalue weighted by atomic mass is 35.5. The van der Waals surface area contributed by atoms with Crippen molar-refractivity contribution < 1.29 is 9.53 Å². The van der Waals surface area contributed by atoms with Gasteiger partial charge in [0.05, 0.1) is 19.4 Å². The molecule has 19 heavy (non-hydrogen) atoms. The molecule has 0 aliphatic carbocycles. The first-order valence-corrected chi connectivity index (χ1v) is 5.75. The van der Waals surface area contributed by atoms with E-state index in [0.717, 1.165) is 0 Å². The monoisotopic (exact) mass is 283 g/mol. The third-order valence-corrected chi connectivity index (χ3v) is 2.78. The lowest BCUT2D eigenvalue weighted by molar-refractivity contribution is -0.120. The summed E-state index contributed by atoms with van der Waals surface area (Å²) < 4.78 is 6.84. The van der Waals surface area contributed by atoms with Crippen LogP contribution in [0.4, 0.5) is 5.82 Å². The Morgan fingerprint density at radius 1 is 1.47 bits per heavy atom. The zero-order valence-corrected chi connectivity index (χ0v) is 10.9. The van der Waals surface area contributed by atoms with E-state index in [1.807, 2.05) is 0 Å². The summed E-state index contributed by atoms with van der Waals surface area (Å²) in [5.74, 6) is 0.472. The topological polar surface area (TPSA) is 80.6 Å². The number of morpholine rings is 1. The molecule has 2 N–H and O–H groups in total. The third-order valence-electron chi connectivity index (χ3n) is 2.78. The first-order chi connectivity index (χ1) is 8.84. The molecule has 7 nitrogen and oxygen atoms in total. The van der Waals surface area contributed by atoms with E-state index in [4.69, 9.17) is 4.74 Å². The molecule has 1 aliphatic heterocycles. The Morgan fingerprint density at radius 2 is 2.37 bits per heavy atom. The summed E-state index contributed by atoms with van der Waals surface area (Å²) in [6.07, 6.45) is 3.28. The fraction of sp³-hybridized carbons (Fsp3) is 0.364. The van der Waals surface area contributed by atoms with Crippen LogP contribution in [0.5, 0.6) is 0 Å². The Morgan fingerprint density at radius 3 is 3.16 bits per heavy atom. The van der Waals surface area contributed by atoms with Gasteiger partial charge in [-0.05, 0) is 6.07 Å². The summed E-state index contributed by atoms with van der Waals surface area (Å²) in [4.78, 5) is 16.1. The van der Waals surface area contributed by atoms with Gasteiger partial charge in [-0.2, -0.15) is 9.61 Å². The molecule has 2 aromatic heterocycles.